The van der Waals surface area contributed by atoms with E-state index in [2.05, 4.69) is 5.16 Å². The fourth-order valence-electron chi connectivity index (χ4n) is 1.91. The van der Waals surface area contributed by atoms with Crippen molar-refractivity contribution >= 4 is 5.91 Å². The zero-order chi connectivity index (χ0) is 11.7. The highest BCUT2D eigenvalue weighted by molar-refractivity contribution is 5.80. The Morgan fingerprint density at radius 2 is 2.25 bits per heavy atom. The molecule has 0 spiro atoms. The molecule has 0 radical (unpaired) electrons. The molecule has 1 amide bonds. The van der Waals surface area contributed by atoms with Crippen LogP contribution in [0.2, 0.25) is 0 Å². The van der Waals surface area contributed by atoms with E-state index in [0.717, 1.165) is 11.3 Å². The van der Waals surface area contributed by atoms with Gasteiger partial charge in [-0.25, -0.2) is 0 Å². The number of aryl methyl sites for hydroxylation is 2. The van der Waals surface area contributed by atoms with E-state index in [1.807, 2.05) is 13.8 Å². The summed E-state index contributed by atoms with van der Waals surface area (Å²) in [6.45, 7) is 5.15. The van der Waals surface area contributed by atoms with Crippen molar-refractivity contribution in [1.82, 2.24) is 10.1 Å². The molecule has 5 nitrogen and oxygen atoms in total. The minimum absolute atomic E-state index is 0.0825. The van der Waals surface area contributed by atoms with Crippen molar-refractivity contribution in [2.45, 2.75) is 20.3 Å². The fourth-order valence-corrected chi connectivity index (χ4v) is 1.91. The average Bonchev–Trinajstić information content (AvgIpc) is 2.48. The Hall–Kier alpha value is -1.36. The first-order chi connectivity index (χ1) is 7.61. The van der Waals surface area contributed by atoms with Gasteiger partial charge in [0.25, 0.3) is 0 Å². The van der Waals surface area contributed by atoms with Crippen LogP contribution in [0.1, 0.15) is 17.0 Å². The molecule has 5 heteroatoms. The van der Waals surface area contributed by atoms with Crippen molar-refractivity contribution in [2.24, 2.45) is 5.92 Å². The molecule has 1 saturated heterocycles. The number of hydrogen-bond donors (Lipinski definition) is 1. The topological polar surface area (TPSA) is 66.6 Å². The number of rotatable bonds is 3. The summed E-state index contributed by atoms with van der Waals surface area (Å²) in [5, 5.41) is 12.7. The number of amides is 1. The van der Waals surface area contributed by atoms with Crippen molar-refractivity contribution < 1.29 is 14.4 Å². The van der Waals surface area contributed by atoms with Crippen LogP contribution in [0.25, 0.3) is 0 Å². The highest BCUT2D eigenvalue weighted by atomic mass is 16.5. The maximum atomic E-state index is 11.8. The second kappa shape index (κ2) is 4.25. The Bertz CT molecular complexity index is 374. The number of carbonyl (C=O) groups excluding carboxylic acids is 1. The second-order valence-electron chi connectivity index (χ2n) is 4.33. The molecule has 0 bridgehead atoms. The number of aliphatic hydroxyl groups is 1. The third-order valence-corrected chi connectivity index (χ3v) is 3.08. The lowest BCUT2D eigenvalue weighted by Gasteiger charge is -2.38. The molecule has 2 heterocycles. The molecule has 1 aliphatic heterocycles. The first-order valence-corrected chi connectivity index (χ1v) is 5.42. The maximum Gasteiger partial charge on any atom is 0.227 e. The van der Waals surface area contributed by atoms with Crippen LogP contribution in [-0.4, -0.2) is 40.8 Å². The van der Waals surface area contributed by atoms with E-state index >= 15 is 0 Å². The number of carbonyl (C=O) groups is 1. The van der Waals surface area contributed by atoms with Crippen molar-refractivity contribution in [2.75, 3.05) is 19.7 Å². The van der Waals surface area contributed by atoms with Gasteiger partial charge in [-0.05, 0) is 13.8 Å². The molecule has 1 fully saturated rings. The number of aromatic nitrogens is 1. The van der Waals surface area contributed by atoms with Gasteiger partial charge < -0.3 is 14.5 Å². The highest BCUT2D eigenvalue weighted by Crippen LogP contribution is 2.19. The van der Waals surface area contributed by atoms with Crippen LogP contribution in [-0.2, 0) is 11.2 Å². The van der Waals surface area contributed by atoms with Crippen LogP contribution in [0, 0.1) is 19.8 Å². The van der Waals surface area contributed by atoms with Gasteiger partial charge in [0, 0.05) is 31.2 Å². The summed E-state index contributed by atoms with van der Waals surface area (Å²) in [5.41, 5.74) is 1.67. The summed E-state index contributed by atoms with van der Waals surface area (Å²) in [4.78, 5) is 13.6. The van der Waals surface area contributed by atoms with Gasteiger partial charge in [-0.15, -0.1) is 0 Å². The van der Waals surface area contributed by atoms with E-state index in [9.17, 15) is 4.79 Å². The lowest BCUT2D eigenvalue weighted by molar-refractivity contribution is -0.137. The Morgan fingerprint density at radius 1 is 1.56 bits per heavy atom. The SMILES string of the molecule is Cc1noc(C)c1CC(=O)N1CC(CO)C1. The smallest absolute Gasteiger partial charge is 0.227 e. The molecule has 0 aromatic carbocycles. The molecule has 0 unspecified atom stereocenters. The molecule has 2 rings (SSSR count). The Morgan fingerprint density at radius 3 is 2.75 bits per heavy atom. The Balaban J connectivity index is 1.94. The molecule has 1 N–H and O–H groups in total. The van der Waals surface area contributed by atoms with E-state index in [0.29, 0.717) is 25.3 Å². The van der Waals surface area contributed by atoms with Gasteiger partial charge in [-0.3, -0.25) is 4.79 Å². The van der Waals surface area contributed by atoms with Crippen LogP contribution in [0.3, 0.4) is 0 Å². The number of aliphatic hydroxyl groups excluding tert-OH is 1. The summed E-state index contributed by atoms with van der Waals surface area (Å²) in [6.07, 6.45) is 0.347. The predicted molar refractivity (Wildman–Crippen MR) is 56.8 cm³/mol. The average molecular weight is 224 g/mol. The molecule has 0 saturated carbocycles. The van der Waals surface area contributed by atoms with Crippen molar-refractivity contribution in [3.63, 3.8) is 0 Å². The number of nitrogens with zero attached hydrogens (tertiary/aromatic N) is 2. The third kappa shape index (κ3) is 1.95. The van der Waals surface area contributed by atoms with E-state index in [1.54, 1.807) is 4.90 Å². The summed E-state index contributed by atoms with van der Waals surface area (Å²) in [5.74, 6) is 1.05. The molecule has 1 aromatic rings. The molecule has 1 aliphatic rings. The quantitative estimate of drug-likeness (QED) is 0.801. The van der Waals surface area contributed by atoms with Crippen LogP contribution in [0.5, 0.6) is 0 Å². The second-order valence-corrected chi connectivity index (χ2v) is 4.33. The Kier molecular flexibility index (Phi) is 2.96. The molecule has 16 heavy (non-hydrogen) atoms. The lowest BCUT2D eigenvalue weighted by atomic mass is 10.00. The zero-order valence-corrected chi connectivity index (χ0v) is 9.56. The zero-order valence-electron chi connectivity index (χ0n) is 9.56. The van der Waals surface area contributed by atoms with Crippen LogP contribution >= 0.6 is 0 Å². The van der Waals surface area contributed by atoms with Gasteiger partial charge in [0.15, 0.2) is 0 Å². The molecule has 0 atom stereocenters. The summed E-state index contributed by atoms with van der Waals surface area (Å²) >= 11 is 0. The normalized spacial score (nSPS) is 16.3. The van der Waals surface area contributed by atoms with Gasteiger partial charge in [0.05, 0.1) is 12.1 Å². The van der Waals surface area contributed by atoms with Crippen LogP contribution in [0.15, 0.2) is 4.52 Å². The highest BCUT2D eigenvalue weighted by Gasteiger charge is 2.30. The monoisotopic (exact) mass is 224 g/mol. The number of hydrogen-bond acceptors (Lipinski definition) is 4. The molecule has 88 valence electrons. The first-order valence-electron chi connectivity index (χ1n) is 5.42. The summed E-state index contributed by atoms with van der Waals surface area (Å²) in [6, 6.07) is 0. The molecule has 1 aromatic heterocycles. The fraction of sp³-hybridized carbons (Fsp3) is 0.636. The number of likely N-dealkylation sites (tertiary alicyclic amines) is 1. The lowest BCUT2D eigenvalue weighted by Crippen LogP contribution is -2.51. The van der Waals surface area contributed by atoms with Crippen LogP contribution in [0.4, 0.5) is 0 Å². The van der Waals surface area contributed by atoms with Crippen molar-refractivity contribution in [1.29, 1.82) is 0 Å². The van der Waals surface area contributed by atoms with E-state index < -0.39 is 0 Å². The summed E-state index contributed by atoms with van der Waals surface area (Å²) < 4.78 is 5.01. The predicted octanol–water partition coefficient (Wildman–Crippen LogP) is 0.285. The first kappa shape index (κ1) is 11.1. The van der Waals surface area contributed by atoms with E-state index in [-0.39, 0.29) is 18.4 Å². The van der Waals surface area contributed by atoms with E-state index in [4.69, 9.17) is 9.63 Å². The van der Waals surface area contributed by atoms with Crippen molar-refractivity contribution in [3.8, 4) is 0 Å². The largest absolute Gasteiger partial charge is 0.396 e. The van der Waals surface area contributed by atoms with Gasteiger partial charge in [0.2, 0.25) is 5.91 Å². The summed E-state index contributed by atoms with van der Waals surface area (Å²) in [7, 11) is 0. The van der Waals surface area contributed by atoms with Crippen LogP contribution < -0.4 is 0 Å². The molecular weight excluding hydrogens is 208 g/mol. The van der Waals surface area contributed by atoms with Gasteiger partial charge >= 0.3 is 0 Å². The van der Waals surface area contributed by atoms with Gasteiger partial charge in [-0.2, -0.15) is 0 Å². The third-order valence-electron chi connectivity index (χ3n) is 3.08. The van der Waals surface area contributed by atoms with Crippen molar-refractivity contribution in [3.05, 3.63) is 17.0 Å². The standard InChI is InChI=1S/C11H16N2O3/c1-7-10(8(2)16-12-7)3-11(15)13-4-9(5-13)6-14/h9,14H,3-6H2,1-2H3. The Labute approximate surface area is 94.0 Å². The van der Waals surface area contributed by atoms with E-state index in [1.165, 1.54) is 0 Å². The maximum absolute atomic E-state index is 11.8. The minimum Gasteiger partial charge on any atom is -0.396 e. The van der Waals surface area contributed by atoms with Gasteiger partial charge in [0.1, 0.15) is 5.76 Å². The molecular formula is C11H16N2O3. The van der Waals surface area contributed by atoms with Gasteiger partial charge in [-0.1, -0.05) is 5.16 Å². The molecule has 0 aliphatic carbocycles. The minimum atomic E-state index is 0.0825.